The molecular weight excluding hydrogens is 268 g/mol. The number of carboxylic acid groups (broad SMARTS) is 1. The Hall–Kier alpha value is -2.04. The Kier molecular flexibility index (Phi) is 5.20. The van der Waals surface area contributed by atoms with Gasteiger partial charge in [0.25, 0.3) is 0 Å². The van der Waals surface area contributed by atoms with Crippen LogP contribution >= 0.6 is 0 Å². The van der Waals surface area contributed by atoms with Crippen LogP contribution in [0.1, 0.15) is 42.1 Å². The molecule has 1 saturated carbocycles. The molecule has 2 rings (SSSR count). The van der Waals surface area contributed by atoms with Crippen LogP contribution in [0.2, 0.25) is 0 Å². The van der Waals surface area contributed by atoms with Gasteiger partial charge in [0.1, 0.15) is 0 Å². The van der Waals surface area contributed by atoms with Crippen molar-refractivity contribution in [2.75, 3.05) is 6.54 Å². The highest BCUT2D eigenvalue weighted by molar-refractivity contribution is 5.87. The third-order valence-electron chi connectivity index (χ3n) is 4.09. The van der Waals surface area contributed by atoms with Crippen LogP contribution in [0.4, 0.5) is 4.79 Å². The zero-order chi connectivity index (χ0) is 15.2. The summed E-state index contributed by atoms with van der Waals surface area (Å²) in [4.78, 5) is 22.6. The van der Waals surface area contributed by atoms with E-state index in [2.05, 4.69) is 10.6 Å². The molecule has 1 aromatic carbocycles. The molecule has 1 aliphatic rings. The average Bonchev–Trinajstić information content (AvgIpc) is 2.36. The number of urea groups is 1. The second-order valence-electron chi connectivity index (χ2n) is 5.64. The fourth-order valence-corrected chi connectivity index (χ4v) is 2.50. The molecule has 114 valence electrons. The molecule has 3 N–H and O–H groups in total. The molecule has 21 heavy (non-hydrogen) atoms. The predicted octanol–water partition coefficient (Wildman–Crippen LogP) is 2.42. The third-order valence-corrected chi connectivity index (χ3v) is 4.09. The van der Waals surface area contributed by atoms with Crippen molar-refractivity contribution in [3.8, 4) is 0 Å². The summed E-state index contributed by atoms with van der Waals surface area (Å²) in [6.07, 6.45) is 4.28. The topological polar surface area (TPSA) is 78.4 Å². The monoisotopic (exact) mass is 290 g/mol. The number of carbonyl (C=O) groups is 2. The summed E-state index contributed by atoms with van der Waals surface area (Å²) < 4.78 is 0. The Morgan fingerprint density at radius 3 is 2.76 bits per heavy atom. The van der Waals surface area contributed by atoms with Crippen molar-refractivity contribution in [2.24, 2.45) is 5.92 Å². The van der Waals surface area contributed by atoms with Gasteiger partial charge in [-0.2, -0.15) is 0 Å². The fourth-order valence-electron chi connectivity index (χ4n) is 2.50. The molecule has 2 amide bonds. The molecule has 0 bridgehead atoms. The third kappa shape index (κ3) is 4.48. The van der Waals surface area contributed by atoms with E-state index >= 15 is 0 Å². The summed E-state index contributed by atoms with van der Waals surface area (Å²) in [6.45, 7) is 2.53. The van der Waals surface area contributed by atoms with E-state index in [-0.39, 0.29) is 17.6 Å². The van der Waals surface area contributed by atoms with Crippen molar-refractivity contribution < 1.29 is 14.7 Å². The Morgan fingerprint density at radius 2 is 2.14 bits per heavy atom. The van der Waals surface area contributed by atoms with Crippen molar-refractivity contribution in [1.29, 1.82) is 0 Å². The number of benzene rings is 1. The lowest BCUT2D eigenvalue weighted by Gasteiger charge is -2.31. The molecule has 0 spiro atoms. The Balaban J connectivity index is 1.72. The molecular formula is C16H22N2O3. The van der Waals surface area contributed by atoms with Gasteiger partial charge in [0.2, 0.25) is 0 Å². The van der Waals surface area contributed by atoms with E-state index in [1.54, 1.807) is 18.2 Å². The van der Waals surface area contributed by atoms with Crippen LogP contribution in [0.25, 0.3) is 0 Å². The van der Waals surface area contributed by atoms with Gasteiger partial charge in [-0.1, -0.05) is 18.6 Å². The van der Waals surface area contributed by atoms with Crippen LogP contribution in [-0.2, 0) is 6.42 Å². The highest BCUT2D eigenvalue weighted by Gasteiger charge is 2.24. The van der Waals surface area contributed by atoms with E-state index in [9.17, 15) is 9.59 Å². The number of amides is 2. The van der Waals surface area contributed by atoms with Crippen molar-refractivity contribution in [3.05, 3.63) is 35.4 Å². The molecule has 0 aliphatic heterocycles. The number of hydrogen-bond donors (Lipinski definition) is 3. The van der Waals surface area contributed by atoms with Gasteiger partial charge in [-0.25, -0.2) is 9.59 Å². The van der Waals surface area contributed by atoms with E-state index < -0.39 is 5.97 Å². The van der Waals surface area contributed by atoms with Crippen LogP contribution < -0.4 is 10.6 Å². The molecule has 1 aromatic rings. The number of nitrogens with one attached hydrogen (secondary N) is 2. The predicted molar refractivity (Wildman–Crippen MR) is 80.4 cm³/mol. The molecule has 1 atom stereocenters. The van der Waals surface area contributed by atoms with Gasteiger partial charge in [-0.3, -0.25) is 0 Å². The lowest BCUT2D eigenvalue weighted by molar-refractivity contribution is 0.0696. The minimum Gasteiger partial charge on any atom is -0.478 e. The van der Waals surface area contributed by atoms with Crippen LogP contribution in [0.15, 0.2) is 24.3 Å². The molecule has 0 radical (unpaired) electrons. The molecule has 1 fully saturated rings. The average molecular weight is 290 g/mol. The first-order valence-electron chi connectivity index (χ1n) is 7.43. The fraction of sp³-hybridized carbons (Fsp3) is 0.500. The standard InChI is InChI=1S/C16H22N2O3/c1-11(13-5-3-6-13)18-16(21)17-9-8-12-4-2-7-14(10-12)15(19)20/h2,4,7,10-11,13H,3,5-6,8-9H2,1H3,(H,19,20)(H2,17,18,21). The smallest absolute Gasteiger partial charge is 0.335 e. The van der Waals surface area contributed by atoms with Gasteiger partial charge in [0.05, 0.1) is 5.56 Å². The summed E-state index contributed by atoms with van der Waals surface area (Å²) in [5, 5.41) is 14.7. The zero-order valence-corrected chi connectivity index (χ0v) is 12.3. The molecule has 1 unspecified atom stereocenters. The Morgan fingerprint density at radius 1 is 1.38 bits per heavy atom. The molecule has 0 aromatic heterocycles. The highest BCUT2D eigenvalue weighted by atomic mass is 16.4. The van der Waals surface area contributed by atoms with Gasteiger partial charge in [-0.15, -0.1) is 0 Å². The molecule has 1 aliphatic carbocycles. The number of carboxylic acids is 1. The quantitative estimate of drug-likeness (QED) is 0.753. The van der Waals surface area contributed by atoms with Gasteiger partial charge in [-0.05, 0) is 49.8 Å². The highest BCUT2D eigenvalue weighted by Crippen LogP contribution is 2.29. The Bertz CT molecular complexity index is 512. The van der Waals surface area contributed by atoms with E-state index in [0.29, 0.717) is 18.9 Å². The number of carbonyl (C=O) groups excluding carboxylic acids is 1. The molecule has 0 heterocycles. The lowest BCUT2D eigenvalue weighted by Crippen LogP contribution is -2.46. The SMILES string of the molecule is CC(NC(=O)NCCc1cccc(C(=O)O)c1)C1CCC1. The first-order chi connectivity index (χ1) is 10.1. The maximum Gasteiger partial charge on any atom is 0.335 e. The van der Waals surface area contributed by atoms with Crippen LogP contribution in [0.5, 0.6) is 0 Å². The summed E-state index contributed by atoms with van der Waals surface area (Å²) in [5.41, 5.74) is 1.18. The summed E-state index contributed by atoms with van der Waals surface area (Å²) in [6, 6.07) is 6.85. The number of hydrogen-bond acceptors (Lipinski definition) is 2. The maximum atomic E-state index is 11.7. The second-order valence-corrected chi connectivity index (χ2v) is 5.64. The summed E-state index contributed by atoms with van der Waals surface area (Å²) in [5.74, 6) is -0.320. The first kappa shape index (κ1) is 15.4. The molecule has 5 nitrogen and oxygen atoms in total. The van der Waals surface area contributed by atoms with Gasteiger partial charge < -0.3 is 15.7 Å². The normalized spacial score (nSPS) is 15.9. The van der Waals surface area contributed by atoms with Crippen LogP contribution in [0, 0.1) is 5.92 Å². The number of rotatable bonds is 6. The van der Waals surface area contributed by atoms with Crippen molar-refractivity contribution >= 4 is 12.0 Å². The van der Waals surface area contributed by atoms with Crippen molar-refractivity contribution in [1.82, 2.24) is 10.6 Å². The largest absolute Gasteiger partial charge is 0.478 e. The first-order valence-corrected chi connectivity index (χ1v) is 7.43. The molecule has 0 saturated heterocycles. The van der Waals surface area contributed by atoms with Crippen LogP contribution in [0.3, 0.4) is 0 Å². The van der Waals surface area contributed by atoms with Crippen molar-refractivity contribution in [3.63, 3.8) is 0 Å². The second kappa shape index (κ2) is 7.11. The van der Waals surface area contributed by atoms with Crippen molar-refractivity contribution in [2.45, 2.75) is 38.6 Å². The van der Waals surface area contributed by atoms with Gasteiger partial charge in [0.15, 0.2) is 0 Å². The van der Waals surface area contributed by atoms with E-state index in [4.69, 9.17) is 5.11 Å². The molecule has 5 heteroatoms. The van der Waals surface area contributed by atoms with Gasteiger partial charge in [0, 0.05) is 12.6 Å². The number of aromatic carboxylic acids is 1. The summed E-state index contributed by atoms with van der Waals surface area (Å²) >= 11 is 0. The minimum atomic E-state index is -0.933. The summed E-state index contributed by atoms with van der Waals surface area (Å²) in [7, 11) is 0. The van der Waals surface area contributed by atoms with E-state index in [1.807, 2.05) is 13.0 Å². The minimum absolute atomic E-state index is 0.149. The maximum absolute atomic E-state index is 11.7. The van der Waals surface area contributed by atoms with Gasteiger partial charge >= 0.3 is 12.0 Å². The Labute approximate surface area is 124 Å². The van der Waals surface area contributed by atoms with E-state index in [1.165, 1.54) is 19.3 Å². The van der Waals surface area contributed by atoms with E-state index in [0.717, 1.165) is 5.56 Å². The van der Waals surface area contributed by atoms with Crippen LogP contribution in [-0.4, -0.2) is 29.7 Å². The zero-order valence-electron chi connectivity index (χ0n) is 12.3. The lowest BCUT2D eigenvalue weighted by atomic mass is 9.80.